The second kappa shape index (κ2) is 9.82. The molecule has 29 heavy (non-hydrogen) atoms. The molecule has 1 heterocycles. The van der Waals surface area contributed by atoms with Crippen molar-refractivity contribution >= 4 is 22.7 Å². The first-order valence-electron chi connectivity index (χ1n) is 9.75. The zero-order valence-corrected chi connectivity index (χ0v) is 16.2. The molecule has 1 unspecified atom stereocenters. The summed E-state index contributed by atoms with van der Waals surface area (Å²) in [7, 11) is 0. The lowest BCUT2D eigenvalue weighted by Gasteiger charge is -2.15. The van der Waals surface area contributed by atoms with Crippen molar-refractivity contribution in [2.45, 2.75) is 38.3 Å². The number of nitrogens with zero attached hydrogens (tertiary/aromatic N) is 2. The minimum absolute atomic E-state index is 0.255. The number of halogens is 1. The summed E-state index contributed by atoms with van der Waals surface area (Å²) in [6, 6.07) is 16.0. The van der Waals surface area contributed by atoms with E-state index in [4.69, 9.17) is 5.73 Å². The monoisotopic (exact) mass is 396 g/mol. The third-order valence-electron chi connectivity index (χ3n) is 4.81. The standard InChI is InChI=1S/C22H25FN4O2/c23-13-7-2-8-14-27-19-12-6-5-11-17(19)20(26-27)22(29)25-18(21(24)28)15-16-9-3-1-4-10-16/h1,3-6,9-12,18H,2,7-8,13-15H2,(H2,24,28)(H,25,29). The van der Waals surface area contributed by atoms with Gasteiger partial charge in [-0.25, -0.2) is 0 Å². The lowest BCUT2D eigenvalue weighted by atomic mass is 10.1. The number of amides is 2. The fourth-order valence-electron chi connectivity index (χ4n) is 3.30. The molecule has 2 aromatic carbocycles. The highest BCUT2D eigenvalue weighted by Crippen LogP contribution is 2.19. The van der Waals surface area contributed by atoms with Crippen LogP contribution in [0.15, 0.2) is 54.6 Å². The van der Waals surface area contributed by atoms with Gasteiger partial charge in [0, 0.05) is 18.4 Å². The average Bonchev–Trinajstić information content (AvgIpc) is 3.10. The molecule has 3 rings (SSSR count). The number of alkyl halides is 1. The van der Waals surface area contributed by atoms with Gasteiger partial charge >= 0.3 is 0 Å². The van der Waals surface area contributed by atoms with Crippen LogP contribution in [0, 0.1) is 0 Å². The van der Waals surface area contributed by atoms with Crippen molar-refractivity contribution in [2.75, 3.05) is 6.67 Å². The van der Waals surface area contributed by atoms with E-state index in [1.54, 1.807) is 4.68 Å². The van der Waals surface area contributed by atoms with Crippen molar-refractivity contribution in [1.82, 2.24) is 15.1 Å². The molecule has 0 saturated heterocycles. The predicted molar refractivity (Wildman–Crippen MR) is 110 cm³/mol. The van der Waals surface area contributed by atoms with Gasteiger partial charge in [0.25, 0.3) is 5.91 Å². The lowest BCUT2D eigenvalue weighted by Crippen LogP contribution is -2.46. The summed E-state index contributed by atoms with van der Waals surface area (Å²) in [5.41, 5.74) is 7.50. The Morgan fingerprint density at radius 3 is 2.48 bits per heavy atom. The number of aromatic nitrogens is 2. The molecule has 0 bridgehead atoms. The summed E-state index contributed by atoms with van der Waals surface area (Å²) in [4.78, 5) is 24.8. The van der Waals surface area contributed by atoms with E-state index in [-0.39, 0.29) is 12.4 Å². The van der Waals surface area contributed by atoms with E-state index in [9.17, 15) is 14.0 Å². The van der Waals surface area contributed by atoms with Gasteiger partial charge in [0.1, 0.15) is 6.04 Å². The first kappa shape index (κ1) is 20.5. The number of primary amides is 1. The number of unbranched alkanes of at least 4 members (excludes halogenated alkanes) is 2. The molecule has 152 valence electrons. The van der Waals surface area contributed by atoms with Crippen LogP contribution in [0.4, 0.5) is 4.39 Å². The van der Waals surface area contributed by atoms with Crippen molar-refractivity contribution in [3.63, 3.8) is 0 Å². The number of carbonyl (C=O) groups excluding carboxylic acids is 2. The third kappa shape index (κ3) is 5.19. The molecule has 0 aliphatic heterocycles. The molecule has 2 amide bonds. The number of fused-ring (bicyclic) bond motifs is 1. The van der Waals surface area contributed by atoms with Crippen LogP contribution >= 0.6 is 0 Å². The van der Waals surface area contributed by atoms with Crippen molar-refractivity contribution in [3.8, 4) is 0 Å². The molecule has 6 nitrogen and oxygen atoms in total. The van der Waals surface area contributed by atoms with E-state index >= 15 is 0 Å². The topological polar surface area (TPSA) is 90.0 Å². The molecule has 0 aliphatic rings. The molecule has 1 atom stereocenters. The Hall–Kier alpha value is -3.22. The van der Waals surface area contributed by atoms with Gasteiger partial charge in [-0.2, -0.15) is 5.10 Å². The number of rotatable bonds is 10. The first-order chi connectivity index (χ1) is 14.1. The molecule has 0 fully saturated rings. The third-order valence-corrected chi connectivity index (χ3v) is 4.81. The summed E-state index contributed by atoms with van der Waals surface area (Å²) in [6.45, 7) is 0.264. The Balaban J connectivity index is 1.79. The number of para-hydroxylation sites is 1. The quantitative estimate of drug-likeness (QED) is 0.516. The maximum atomic E-state index is 12.9. The Kier molecular flexibility index (Phi) is 6.94. The van der Waals surface area contributed by atoms with Crippen LogP contribution in [-0.4, -0.2) is 34.3 Å². The van der Waals surface area contributed by atoms with Crippen LogP contribution in [-0.2, 0) is 17.8 Å². The second-order valence-electron chi connectivity index (χ2n) is 6.96. The summed E-state index contributed by atoms with van der Waals surface area (Å²) >= 11 is 0. The number of aryl methyl sites for hydroxylation is 1. The van der Waals surface area contributed by atoms with Gasteiger partial charge < -0.3 is 11.1 Å². The predicted octanol–water partition coefficient (Wildman–Crippen LogP) is 3.00. The maximum Gasteiger partial charge on any atom is 0.273 e. The zero-order chi connectivity index (χ0) is 20.6. The summed E-state index contributed by atoms with van der Waals surface area (Å²) in [6.07, 6.45) is 2.36. The molecule has 1 aromatic heterocycles. The minimum Gasteiger partial charge on any atom is -0.368 e. The van der Waals surface area contributed by atoms with Crippen molar-refractivity contribution in [2.24, 2.45) is 5.73 Å². The highest BCUT2D eigenvalue weighted by atomic mass is 19.1. The highest BCUT2D eigenvalue weighted by Gasteiger charge is 2.23. The molecule has 0 aliphatic carbocycles. The van der Waals surface area contributed by atoms with E-state index in [0.29, 0.717) is 24.8 Å². The molecule has 0 radical (unpaired) electrons. The Labute approximate surface area is 168 Å². The van der Waals surface area contributed by atoms with E-state index in [2.05, 4.69) is 10.4 Å². The van der Waals surface area contributed by atoms with Gasteiger partial charge in [-0.15, -0.1) is 0 Å². The fraction of sp³-hybridized carbons (Fsp3) is 0.318. The maximum absolute atomic E-state index is 12.9. The molecule has 0 saturated carbocycles. The summed E-state index contributed by atoms with van der Waals surface area (Å²) < 4.78 is 14.1. The van der Waals surface area contributed by atoms with Gasteiger partial charge in [-0.1, -0.05) is 48.5 Å². The lowest BCUT2D eigenvalue weighted by molar-refractivity contribution is -0.119. The number of benzene rings is 2. The second-order valence-corrected chi connectivity index (χ2v) is 6.96. The van der Waals surface area contributed by atoms with E-state index < -0.39 is 17.9 Å². The first-order valence-corrected chi connectivity index (χ1v) is 9.75. The van der Waals surface area contributed by atoms with Gasteiger partial charge in [-0.05, 0) is 30.9 Å². The average molecular weight is 396 g/mol. The van der Waals surface area contributed by atoms with Crippen LogP contribution in [0.3, 0.4) is 0 Å². The molecular formula is C22H25FN4O2. The molecular weight excluding hydrogens is 371 g/mol. The minimum atomic E-state index is -0.835. The van der Waals surface area contributed by atoms with Crippen LogP contribution < -0.4 is 11.1 Å². The number of nitrogens with one attached hydrogen (secondary N) is 1. The summed E-state index contributed by atoms with van der Waals surface area (Å²) in [5, 5.41) is 7.90. The van der Waals surface area contributed by atoms with E-state index in [1.165, 1.54) is 0 Å². The van der Waals surface area contributed by atoms with E-state index in [1.807, 2.05) is 54.6 Å². The van der Waals surface area contributed by atoms with Gasteiger partial charge in [0.15, 0.2) is 5.69 Å². The largest absolute Gasteiger partial charge is 0.368 e. The Morgan fingerprint density at radius 2 is 1.76 bits per heavy atom. The molecule has 3 N–H and O–H groups in total. The van der Waals surface area contributed by atoms with Crippen molar-refractivity contribution in [1.29, 1.82) is 0 Å². The molecule has 3 aromatic rings. The smallest absolute Gasteiger partial charge is 0.273 e. The van der Waals surface area contributed by atoms with Crippen molar-refractivity contribution in [3.05, 3.63) is 65.9 Å². The summed E-state index contributed by atoms with van der Waals surface area (Å²) in [5.74, 6) is -1.04. The zero-order valence-electron chi connectivity index (χ0n) is 16.2. The van der Waals surface area contributed by atoms with E-state index in [0.717, 1.165) is 23.9 Å². The Morgan fingerprint density at radius 1 is 1.03 bits per heavy atom. The van der Waals surface area contributed by atoms with Gasteiger partial charge in [0.05, 0.1) is 12.2 Å². The van der Waals surface area contributed by atoms with Gasteiger partial charge in [0.2, 0.25) is 5.91 Å². The number of hydrogen-bond donors (Lipinski definition) is 2. The molecule has 0 spiro atoms. The number of carbonyl (C=O) groups is 2. The van der Waals surface area contributed by atoms with Crippen LogP contribution in [0.1, 0.15) is 35.3 Å². The van der Waals surface area contributed by atoms with Crippen LogP contribution in [0.5, 0.6) is 0 Å². The van der Waals surface area contributed by atoms with Crippen LogP contribution in [0.2, 0.25) is 0 Å². The Bertz CT molecular complexity index is 971. The highest BCUT2D eigenvalue weighted by molar-refractivity contribution is 6.06. The SMILES string of the molecule is NC(=O)C(Cc1ccccc1)NC(=O)c1nn(CCCCCF)c2ccccc12. The van der Waals surface area contributed by atoms with Crippen molar-refractivity contribution < 1.29 is 14.0 Å². The fourth-order valence-corrected chi connectivity index (χ4v) is 3.30. The van der Waals surface area contributed by atoms with Crippen LogP contribution in [0.25, 0.3) is 10.9 Å². The normalized spacial score (nSPS) is 12.0. The number of hydrogen-bond acceptors (Lipinski definition) is 3. The molecule has 7 heteroatoms. The number of nitrogens with two attached hydrogens (primary N) is 1. The van der Waals surface area contributed by atoms with Gasteiger partial charge in [-0.3, -0.25) is 18.7 Å².